The van der Waals surface area contributed by atoms with Gasteiger partial charge < -0.3 is 10.1 Å². The van der Waals surface area contributed by atoms with Gasteiger partial charge in [-0.15, -0.1) is 0 Å². The van der Waals surface area contributed by atoms with Crippen LogP contribution in [0.4, 0.5) is 5.95 Å². The molecule has 1 unspecified atom stereocenters. The molecule has 0 radical (unpaired) electrons. The SMILES string of the molecule is Cc1ccnc(NC2CC(C)(C)OC2(C)C)n1. The van der Waals surface area contributed by atoms with E-state index in [1.165, 1.54) is 0 Å². The van der Waals surface area contributed by atoms with Crippen LogP contribution in [0.3, 0.4) is 0 Å². The van der Waals surface area contributed by atoms with Crippen LogP contribution in [-0.2, 0) is 4.74 Å². The normalized spacial score (nSPS) is 25.8. The van der Waals surface area contributed by atoms with Gasteiger partial charge in [0.05, 0.1) is 17.2 Å². The van der Waals surface area contributed by atoms with Gasteiger partial charge in [-0.1, -0.05) is 0 Å². The number of aromatic nitrogens is 2. The van der Waals surface area contributed by atoms with E-state index < -0.39 is 0 Å². The third kappa shape index (κ3) is 2.75. The minimum absolute atomic E-state index is 0.0923. The topological polar surface area (TPSA) is 47.0 Å². The van der Waals surface area contributed by atoms with Crippen molar-refractivity contribution in [3.63, 3.8) is 0 Å². The number of hydrogen-bond donors (Lipinski definition) is 1. The Morgan fingerprint density at radius 2 is 2.06 bits per heavy atom. The number of aryl methyl sites for hydroxylation is 1. The highest BCUT2D eigenvalue weighted by Gasteiger charge is 2.46. The van der Waals surface area contributed by atoms with Crippen LogP contribution in [0.15, 0.2) is 12.3 Å². The second-order valence-electron chi connectivity index (χ2n) is 5.89. The van der Waals surface area contributed by atoms with Gasteiger partial charge in [-0.2, -0.15) is 0 Å². The van der Waals surface area contributed by atoms with Gasteiger partial charge in [0.15, 0.2) is 0 Å². The maximum absolute atomic E-state index is 6.03. The fraction of sp³-hybridized carbons (Fsp3) is 0.692. The summed E-state index contributed by atoms with van der Waals surface area (Å²) in [5.74, 6) is 0.685. The first-order valence-corrected chi connectivity index (χ1v) is 6.05. The van der Waals surface area contributed by atoms with E-state index in [4.69, 9.17) is 4.74 Å². The molecule has 4 heteroatoms. The zero-order valence-electron chi connectivity index (χ0n) is 11.2. The van der Waals surface area contributed by atoms with Gasteiger partial charge in [-0.25, -0.2) is 9.97 Å². The van der Waals surface area contributed by atoms with Gasteiger partial charge in [-0.3, -0.25) is 0 Å². The first kappa shape index (κ1) is 12.3. The Bertz CT molecular complexity index is 415. The van der Waals surface area contributed by atoms with Gasteiger partial charge in [-0.05, 0) is 47.1 Å². The van der Waals surface area contributed by atoms with E-state index in [-0.39, 0.29) is 17.2 Å². The van der Waals surface area contributed by atoms with Gasteiger partial charge >= 0.3 is 0 Å². The van der Waals surface area contributed by atoms with Gasteiger partial charge in [0.2, 0.25) is 5.95 Å². The van der Waals surface area contributed by atoms with Crippen LogP contribution >= 0.6 is 0 Å². The fourth-order valence-electron chi connectivity index (χ4n) is 2.46. The molecule has 0 aliphatic carbocycles. The quantitative estimate of drug-likeness (QED) is 0.855. The Morgan fingerprint density at radius 3 is 2.59 bits per heavy atom. The molecular weight excluding hydrogens is 214 g/mol. The van der Waals surface area contributed by atoms with Gasteiger partial charge in [0, 0.05) is 11.9 Å². The molecular formula is C13H21N3O. The molecule has 1 aromatic heterocycles. The Balaban J connectivity index is 2.14. The standard InChI is InChI=1S/C13H21N3O/c1-9-6-7-14-11(15-9)16-10-8-12(2,3)17-13(10,4)5/h6-7,10H,8H2,1-5H3,(H,14,15,16). The minimum Gasteiger partial charge on any atom is -0.367 e. The third-order valence-corrected chi connectivity index (χ3v) is 3.17. The van der Waals surface area contributed by atoms with Gasteiger partial charge in [0.1, 0.15) is 0 Å². The highest BCUT2D eigenvalue weighted by atomic mass is 16.5. The van der Waals surface area contributed by atoms with Crippen LogP contribution in [-0.4, -0.2) is 27.2 Å². The molecule has 2 heterocycles. The lowest BCUT2D eigenvalue weighted by Crippen LogP contribution is -2.38. The van der Waals surface area contributed by atoms with Crippen molar-refractivity contribution in [1.82, 2.24) is 9.97 Å². The summed E-state index contributed by atoms with van der Waals surface area (Å²) in [4.78, 5) is 8.61. The number of nitrogens with zero attached hydrogens (tertiary/aromatic N) is 2. The number of anilines is 1. The van der Waals surface area contributed by atoms with Crippen LogP contribution in [0.5, 0.6) is 0 Å². The fourth-order valence-corrected chi connectivity index (χ4v) is 2.46. The molecule has 1 atom stereocenters. The van der Waals surface area contributed by atoms with Crippen molar-refractivity contribution < 1.29 is 4.74 Å². The Hall–Kier alpha value is -1.16. The molecule has 0 bridgehead atoms. The molecule has 1 N–H and O–H groups in total. The Labute approximate surface area is 103 Å². The van der Waals surface area contributed by atoms with Crippen LogP contribution < -0.4 is 5.32 Å². The average Bonchev–Trinajstić information content (AvgIpc) is 2.34. The zero-order valence-corrected chi connectivity index (χ0v) is 11.2. The predicted octanol–water partition coefficient (Wildman–Crippen LogP) is 2.54. The molecule has 0 spiro atoms. The summed E-state index contributed by atoms with van der Waals surface area (Å²) in [7, 11) is 0. The lowest BCUT2D eigenvalue weighted by atomic mass is 9.95. The average molecular weight is 235 g/mol. The molecule has 1 aromatic rings. The maximum Gasteiger partial charge on any atom is 0.223 e. The molecule has 1 saturated heterocycles. The minimum atomic E-state index is -0.198. The molecule has 94 valence electrons. The molecule has 17 heavy (non-hydrogen) atoms. The molecule has 0 aromatic carbocycles. The molecule has 1 aliphatic heterocycles. The van der Waals surface area contributed by atoms with E-state index in [0.717, 1.165) is 12.1 Å². The van der Waals surface area contributed by atoms with Crippen LogP contribution in [0.25, 0.3) is 0 Å². The molecule has 0 amide bonds. The Kier molecular flexibility index (Phi) is 2.86. The summed E-state index contributed by atoms with van der Waals surface area (Å²) < 4.78 is 6.03. The summed E-state index contributed by atoms with van der Waals surface area (Å²) in [6.07, 6.45) is 2.73. The summed E-state index contributed by atoms with van der Waals surface area (Å²) in [6.45, 7) is 10.4. The van der Waals surface area contributed by atoms with Crippen LogP contribution in [0.2, 0.25) is 0 Å². The second kappa shape index (κ2) is 3.95. The smallest absolute Gasteiger partial charge is 0.223 e. The molecule has 1 aliphatic rings. The van der Waals surface area contributed by atoms with Crippen LogP contribution in [0.1, 0.15) is 39.8 Å². The third-order valence-electron chi connectivity index (χ3n) is 3.17. The molecule has 1 fully saturated rings. The molecule has 0 saturated carbocycles. The monoisotopic (exact) mass is 235 g/mol. The van der Waals surface area contributed by atoms with E-state index >= 15 is 0 Å². The summed E-state index contributed by atoms with van der Waals surface area (Å²) in [6, 6.07) is 2.13. The van der Waals surface area contributed by atoms with Crippen molar-refractivity contribution in [3.05, 3.63) is 18.0 Å². The Morgan fingerprint density at radius 1 is 1.35 bits per heavy atom. The highest BCUT2D eigenvalue weighted by Crippen LogP contribution is 2.38. The zero-order chi connectivity index (χ0) is 12.7. The molecule has 4 nitrogen and oxygen atoms in total. The van der Waals surface area contributed by atoms with Crippen molar-refractivity contribution >= 4 is 5.95 Å². The summed E-state index contributed by atoms with van der Waals surface area (Å²) in [5.41, 5.74) is 0.681. The lowest BCUT2D eigenvalue weighted by Gasteiger charge is -2.27. The summed E-state index contributed by atoms with van der Waals surface area (Å²) >= 11 is 0. The highest BCUT2D eigenvalue weighted by molar-refractivity contribution is 5.29. The van der Waals surface area contributed by atoms with E-state index in [2.05, 4.69) is 43.0 Å². The van der Waals surface area contributed by atoms with E-state index in [9.17, 15) is 0 Å². The number of hydrogen-bond acceptors (Lipinski definition) is 4. The van der Waals surface area contributed by atoms with E-state index in [1.54, 1.807) is 6.20 Å². The number of nitrogens with one attached hydrogen (secondary N) is 1. The second-order valence-corrected chi connectivity index (χ2v) is 5.89. The predicted molar refractivity (Wildman–Crippen MR) is 68.0 cm³/mol. The van der Waals surface area contributed by atoms with E-state index in [1.807, 2.05) is 13.0 Å². The summed E-state index contributed by atoms with van der Waals surface area (Å²) in [5, 5.41) is 3.38. The van der Waals surface area contributed by atoms with Crippen molar-refractivity contribution in [2.75, 3.05) is 5.32 Å². The van der Waals surface area contributed by atoms with Crippen molar-refractivity contribution in [3.8, 4) is 0 Å². The molecule has 2 rings (SSSR count). The maximum atomic E-state index is 6.03. The van der Waals surface area contributed by atoms with Crippen LogP contribution in [0, 0.1) is 6.92 Å². The van der Waals surface area contributed by atoms with Crippen molar-refractivity contribution in [2.24, 2.45) is 0 Å². The number of ether oxygens (including phenoxy) is 1. The first-order valence-electron chi connectivity index (χ1n) is 6.05. The first-order chi connectivity index (χ1) is 7.78. The lowest BCUT2D eigenvalue weighted by molar-refractivity contribution is -0.0663. The van der Waals surface area contributed by atoms with E-state index in [0.29, 0.717) is 5.95 Å². The van der Waals surface area contributed by atoms with Crippen molar-refractivity contribution in [1.29, 1.82) is 0 Å². The number of rotatable bonds is 2. The largest absolute Gasteiger partial charge is 0.367 e. The van der Waals surface area contributed by atoms with Gasteiger partial charge in [0.25, 0.3) is 0 Å². The van der Waals surface area contributed by atoms with Crippen molar-refractivity contribution in [2.45, 2.75) is 58.3 Å².